The number of benzene rings is 1. The van der Waals surface area contributed by atoms with Gasteiger partial charge in [0.1, 0.15) is 5.75 Å². The van der Waals surface area contributed by atoms with Gasteiger partial charge in [0.25, 0.3) is 0 Å². The van der Waals surface area contributed by atoms with Crippen molar-refractivity contribution < 1.29 is 5.11 Å². The van der Waals surface area contributed by atoms with Crippen LogP contribution >= 0.6 is 0 Å². The lowest BCUT2D eigenvalue weighted by atomic mass is 10.2. The molecule has 0 aliphatic rings. The van der Waals surface area contributed by atoms with Crippen molar-refractivity contribution >= 4 is 0 Å². The van der Waals surface area contributed by atoms with Crippen LogP contribution in [0.5, 0.6) is 5.75 Å². The molecule has 0 aliphatic heterocycles. The molecular weight excluding hydrogens is 216 g/mol. The first-order valence-corrected chi connectivity index (χ1v) is 5.65. The van der Waals surface area contributed by atoms with Crippen LogP contribution in [0.15, 0.2) is 30.5 Å². The molecular formula is C12H16N4O. The third-order valence-corrected chi connectivity index (χ3v) is 2.51. The number of aryl methyl sites for hydroxylation is 1. The molecule has 0 saturated carbocycles. The van der Waals surface area contributed by atoms with Gasteiger partial charge < -0.3 is 10.4 Å². The molecule has 0 spiro atoms. The minimum absolute atomic E-state index is 0.253. The van der Waals surface area contributed by atoms with E-state index >= 15 is 0 Å². The average Bonchev–Trinajstić information content (AvgIpc) is 2.79. The van der Waals surface area contributed by atoms with Crippen molar-refractivity contribution in [2.24, 2.45) is 0 Å². The van der Waals surface area contributed by atoms with E-state index in [4.69, 9.17) is 0 Å². The van der Waals surface area contributed by atoms with Crippen LogP contribution in [0.4, 0.5) is 0 Å². The molecule has 0 saturated heterocycles. The maximum atomic E-state index is 9.20. The zero-order valence-electron chi connectivity index (χ0n) is 9.80. The van der Waals surface area contributed by atoms with Crippen LogP contribution in [-0.4, -0.2) is 33.7 Å². The van der Waals surface area contributed by atoms with Crippen LogP contribution in [0.2, 0.25) is 0 Å². The normalized spacial score (nSPS) is 10.6. The fraction of sp³-hybridized carbons (Fsp3) is 0.333. The summed E-state index contributed by atoms with van der Waals surface area (Å²) >= 11 is 0. The molecule has 5 nitrogen and oxygen atoms in total. The van der Waals surface area contributed by atoms with Gasteiger partial charge >= 0.3 is 0 Å². The van der Waals surface area contributed by atoms with Crippen molar-refractivity contribution in [3.05, 3.63) is 36.2 Å². The molecule has 90 valence electrons. The van der Waals surface area contributed by atoms with Crippen LogP contribution in [0.3, 0.4) is 0 Å². The predicted molar refractivity (Wildman–Crippen MR) is 65.3 cm³/mol. The minimum atomic E-state index is 0.253. The van der Waals surface area contributed by atoms with Crippen LogP contribution < -0.4 is 5.32 Å². The molecule has 0 fully saturated rings. The highest BCUT2D eigenvalue weighted by atomic mass is 16.3. The summed E-state index contributed by atoms with van der Waals surface area (Å²) in [4.78, 5) is 0. The Morgan fingerprint density at radius 3 is 2.76 bits per heavy atom. The lowest BCUT2D eigenvalue weighted by molar-refractivity contribution is 0.475. The van der Waals surface area contributed by atoms with Crippen LogP contribution in [0.25, 0.3) is 5.69 Å². The average molecular weight is 232 g/mol. The van der Waals surface area contributed by atoms with Crippen molar-refractivity contribution in [1.82, 2.24) is 20.3 Å². The Bertz CT molecular complexity index is 464. The van der Waals surface area contributed by atoms with Crippen molar-refractivity contribution in [1.29, 1.82) is 0 Å². The van der Waals surface area contributed by atoms with E-state index in [1.165, 1.54) is 0 Å². The van der Waals surface area contributed by atoms with E-state index in [1.54, 1.807) is 28.9 Å². The quantitative estimate of drug-likeness (QED) is 0.758. The lowest BCUT2D eigenvalue weighted by Gasteiger charge is -1.99. The topological polar surface area (TPSA) is 63.0 Å². The molecule has 0 bridgehead atoms. The van der Waals surface area contributed by atoms with Crippen LogP contribution in [-0.2, 0) is 6.42 Å². The molecule has 0 aliphatic carbocycles. The highest BCUT2D eigenvalue weighted by Crippen LogP contribution is 2.13. The fourth-order valence-electron chi connectivity index (χ4n) is 1.59. The van der Waals surface area contributed by atoms with Gasteiger partial charge in [-0.05, 0) is 50.7 Å². The maximum Gasteiger partial charge on any atom is 0.115 e. The Kier molecular flexibility index (Phi) is 3.72. The smallest absolute Gasteiger partial charge is 0.115 e. The highest BCUT2D eigenvalue weighted by molar-refractivity contribution is 5.35. The largest absolute Gasteiger partial charge is 0.508 e. The van der Waals surface area contributed by atoms with Crippen LogP contribution in [0, 0.1) is 0 Å². The number of hydrogen-bond donors (Lipinski definition) is 2. The first kappa shape index (κ1) is 11.6. The third-order valence-electron chi connectivity index (χ3n) is 2.51. The Hall–Kier alpha value is -1.88. The zero-order valence-corrected chi connectivity index (χ0v) is 9.80. The van der Waals surface area contributed by atoms with Gasteiger partial charge in [0.05, 0.1) is 17.6 Å². The van der Waals surface area contributed by atoms with Gasteiger partial charge in [-0.3, -0.25) is 0 Å². The van der Waals surface area contributed by atoms with Gasteiger partial charge in [-0.25, -0.2) is 4.68 Å². The molecule has 5 heteroatoms. The first-order valence-electron chi connectivity index (χ1n) is 5.65. The Morgan fingerprint density at radius 1 is 1.29 bits per heavy atom. The van der Waals surface area contributed by atoms with E-state index in [1.807, 2.05) is 13.2 Å². The molecule has 2 N–H and O–H groups in total. The summed E-state index contributed by atoms with van der Waals surface area (Å²) in [7, 11) is 1.94. The summed E-state index contributed by atoms with van der Waals surface area (Å²) < 4.78 is 1.72. The van der Waals surface area contributed by atoms with E-state index in [0.717, 1.165) is 30.8 Å². The Labute approximate surface area is 100 Å². The number of hydrogen-bond acceptors (Lipinski definition) is 4. The molecule has 0 radical (unpaired) electrons. The molecule has 1 heterocycles. The number of nitrogens with one attached hydrogen (secondary N) is 1. The van der Waals surface area contributed by atoms with Gasteiger partial charge in [0.15, 0.2) is 0 Å². The van der Waals surface area contributed by atoms with E-state index in [2.05, 4.69) is 15.6 Å². The summed E-state index contributed by atoms with van der Waals surface area (Å²) in [6.45, 7) is 0.978. The summed E-state index contributed by atoms with van der Waals surface area (Å²) in [5.74, 6) is 0.253. The SMILES string of the molecule is CNCCCc1cn(-c2ccc(O)cc2)nn1. The third kappa shape index (κ3) is 3.04. The number of rotatable bonds is 5. The molecule has 2 rings (SSSR count). The van der Waals surface area contributed by atoms with Crippen molar-refractivity contribution in [2.75, 3.05) is 13.6 Å². The number of phenols is 1. The summed E-state index contributed by atoms with van der Waals surface area (Å²) in [5.41, 5.74) is 1.88. The number of phenolic OH excluding ortho intramolecular Hbond substituents is 1. The second-order valence-corrected chi connectivity index (χ2v) is 3.88. The molecule has 17 heavy (non-hydrogen) atoms. The molecule has 0 atom stereocenters. The summed E-state index contributed by atoms with van der Waals surface area (Å²) in [6.07, 6.45) is 3.88. The first-order chi connectivity index (χ1) is 8.29. The zero-order chi connectivity index (χ0) is 12.1. The summed E-state index contributed by atoms with van der Waals surface area (Å²) in [6, 6.07) is 6.89. The molecule has 2 aromatic rings. The molecule has 1 aromatic heterocycles. The second-order valence-electron chi connectivity index (χ2n) is 3.88. The van der Waals surface area contributed by atoms with Gasteiger partial charge in [-0.1, -0.05) is 5.21 Å². The fourth-order valence-corrected chi connectivity index (χ4v) is 1.59. The number of nitrogens with zero attached hydrogens (tertiary/aromatic N) is 3. The number of aromatic nitrogens is 3. The monoisotopic (exact) mass is 232 g/mol. The minimum Gasteiger partial charge on any atom is -0.508 e. The van der Waals surface area contributed by atoms with Gasteiger partial charge in [0, 0.05) is 0 Å². The van der Waals surface area contributed by atoms with Gasteiger partial charge in [-0.2, -0.15) is 0 Å². The number of aromatic hydroxyl groups is 1. The van der Waals surface area contributed by atoms with Crippen molar-refractivity contribution in [2.45, 2.75) is 12.8 Å². The predicted octanol–water partition coefficient (Wildman–Crippen LogP) is 1.12. The van der Waals surface area contributed by atoms with E-state index in [0.29, 0.717) is 0 Å². The van der Waals surface area contributed by atoms with E-state index < -0.39 is 0 Å². The second kappa shape index (κ2) is 5.45. The summed E-state index contributed by atoms with van der Waals surface area (Å²) in [5, 5.41) is 20.5. The maximum absolute atomic E-state index is 9.20. The Balaban J connectivity index is 2.04. The Morgan fingerprint density at radius 2 is 2.06 bits per heavy atom. The van der Waals surface area contributed by atoms with Crippen molar-refractivity contribution in [3.8, 4) is 11.4 Å². The van der Waals surface area contributed by atoms with Crippen molar-refractivity contribution in [3.63, 3.8) is 0 Å². The van der Waals surface area contributed by atoms with Gasteiger partial charge in [-0.15, -0.1) is 5.10 Å². The molecule has 0 unspecified atom stereocenters. The lowest BCUT2D eigenvalue weighted by Crippen LogP contribution is -2.08. The van der Waals surface area contributed by atoms with E-state index in [9.17, 15) is 5.11 Å². The standard InChI is InChI=1S/C12H16N4O/c1-13-8-2-3-10-9-16(15-14-10)11-4-6-12(17)7-5-11/h4-7,9,13,17H,2-3,8H2,1H3. The van der Waals surface area contributed by atoms with Crippen LogP contribution in [0.1, 0.15) is 12.1 Å². The molecule has 1 aromatic carbocycles. The van der Waals surface area contributed by atoms with Gasteiger partial charge in [0.2, 0.25) is 0 Å². The van der Waals surface area contributed by atoms with E-state index in [-0.39, 0.29) is 5.75 Å². The highest BCUT2D eigenvalue weighted by Gasteiger charge is 2.02. The molecule has 0 amide bonds.